The summed E-state index contributed by atoms with van der Waals surface area (Å²) in [6, 6.07) is 10.9. The lowest BCUT2D eigenvalue weighted by molar-refractivity contribution is -0.137. The number of nitrogens with zero attached hydrogens (tertiary/aromatic N) is 3. The number of anilines is 1. The van der Waals surface area contributed by atoms with Gasteiger partial charge in [-0.3, -0.25) is 4.79 Å². The summed E-state index contributed by atoms with van der Waals surface area (Å²) in [5, 5.41) is 18.3. The van der Waals surface area contributed by atoms with Crippen molar-refractivity contribution < 1.29 is 9.90 Å². The Bertz CT molecular complexity index is 809. The third-order valence-corrected chi connectivity index (χ3v) is 4.47. The normalized spacial score (nSPS) is 11.1. The maximum atomic E-state index is 10.7. The van der Waals surface area contributed by atoms with Gasteiger partial charge in [-0.15, -0.1) is 5.11 Å². The maximum Gasteiger partial charge on any atom is 0.303 e. The monoisotopic (exact) mass is 393 g/mol. The maximum absolute atomic E-state index is 10.7. The predicted molar refractivity (Wildman–Crippen MR) is 107 cm³/mol. The van der Waals surface area contributed by atoms with Crippen molar-refractivity contribution in [1.82, 2.24) is 0 Å². The summed E-state index contributed by atoms with van der Waals surface area (Å²) in [4.78, 5) is 12.8. The van der Waals surface area contributed by atoms with E-state index in [0.29, 0.717) is 28.7 Å². The molecule has 0 bridgehead atoms. The van der Waals surface area contributed by atoms with Crippen molar-refractivity contribution in [1.29, 1.82) is 0 Å². The first-order chi connectivity index (χ1) is 12.4. The smallest absolute Gasteiger partial charge is 0.303 e. The van der Waals surface area contributed by atoms with Crippen molar-refractivity contribution in [2.24, 2.45) is 10.2 Å². The minimum absolute atomic E-state index is 0.169. The van der Waals surface area contributed by atoms with Crippen LogP contribution in [0.4, 0.5) is 17.1 Å². The van der Waals surface area contributed by atoms with Gasteiger partial charge in [0.05, 0.1) is 10.7 Å². The number of aliphatic carboxylic acids is 1. The molecule has 0 radical (unpaired) electrons. The van der Waals surface area contributed by atoms with Crippen LogP contribution in [0.5, 0.6) is 0 Å². The highest BCUT2D eigenvalue weighted by Crippen LogP contribution is 2.31. The number of hydrogen-bond acceptors (Lipinski definition) is 4. The molecule has 0 aromatic heterocycles. The van der Waals surface area contributed by atoms with Crippen molar-refractivity contribution in [3.8, 4) is 0 Å². The molecule has 0 heterocycles. The van der Waals surface area contributed by atoms with Crippen molar-refractivity contribution in [3.63, 3.8) is 0 Å². The fourth-order valence-corrected chi connectivity index (χ4v) is 2.83. The standard InChI is InChI=1S/C19H21Cl2N3O2/c1-3-24(10-4-5-19(25)26)15-7-9-17(13(2)11-15)22-23-18-12-14(20)6-8-16(18)21/h6-9,11-12H,3-5,10H2,1-2H3,(H,25,26). The number of carboxylic acid groups (broad SMARTS) is 1. The van der Waals surface area contributed by atoms with E-state index in [9.17, 15) is 4.79 Å². The number of hydrogen-bond donors (Lipinski definition) is 1. The van der Waals surface area contributed by atoms with Crippen molar-refractivity contribution in [2.45, 2.75) is 26.7 Å². The van der Waals surface area contributed by atoms with E-state index in [-0.39, 0.29) is 6.42 Å². The Labute approximate surface area is 163 Å². The number of aryl methyl sites for hydroxylation is 1. The van der Waals surface area contributed by atoms with Crippen LogP contribution in [0.25, 0.3) is 0 Å². The summed E-state index contributed by atoms with van der Waals surface area (Å²) >= 11 is 12.1. The average Bonchev–Trinajstić information content (AvgIpc) is 2.60. The zero-order chi connectivity index (χ0) is 19.1. The van der Waals surface area contributed by atoms with Gasteiger partial charge in [0, 0.05) is 30.2 Å². The minimum atomic E-state index is -0.771. The van der Waals surface area contributed by atoms with E-state index in [1.54, 1.807) is 18.2 Å². The first-order valence-electron chi connectivity index (χ1n) is 8.35. The molecule has 0 unspecified atom stereocenters. The van der Waals surface area contributed by atoms with Crippen molar-refractivity contribution >= 4 is 46.2 Å². The second-order valence-electron chi connectivity index (χ2n) is 5.84. The number of carbonyl (C=O) groups is 1. The van der Waals surface area contributed by atoms with E-state index in [1.165, 1.54) is 0 Å². The molecule has 0 spiro atoms. The first-order valence-corrected chi connectivity index (χ1v) is 9.10. The number of rotatable bonds is 8. The zero-order valence-corrected chi connectivity index (χ0v) is 16.3. The van der Waals surface area contributed by atoms with Crippen LogP contribution in [0.1, 0.15) is 25.3 Å². The molecular formula is C19H21Cl2N3O2. The van der Waals surface area contributed by atoms with Gasteiger partial charge in [-0.25, -0.2) is 0 Å². The SMILES string of the molecule is CCN(CCCC(=O)O)c1ccc(N=Nc2cc(Cl)ccc2Cl)c(C)c1. The van der Waals surface area contributed by atoms with Gasteiger partial charge in [-0.2, -0.15) is 5.11 Å². The van der Waals surface area contributed by atoms with Gasteiger partial charge in [0.25, 0.3) is 0 Å². The van der Waals surface area contributed by atoms with Crippen LogP contribution < -0.4 is 4.90 Å². The molecule has 1 N–H and O–H groups in total. The summed E-state index contributed by atoms with van der Waals surface area (Å²) in [7, 11) is 0. The second-order valence-corrected chi connectivity index (χ2v) is 6.69. The predicted octanol–water partition coefficient (Wildman–Crippen LogP) is 6.41. The summed E-state index contributed by atoms with van der Waals surface area (Å²) in [5.41, 5.74) is 3.27. The molecule has 0 aliphatic carbocycles. The highest BCUT2D eigenvalue weighted by Gasteiger charge is 2.08. The number of carboxylic acids is 1. The first kappa shape index (κ1) is 20.2. The summed E-state index contributed by atoms with van der Waals surface area (Å²) < 4.78 is 0. The van der Waals surface area contributed by atoms with E-state index in [4.69, 9.17) is 28.3 Å². The van der Waals surface area contributed by atoms with Gasteiger partial charge >= 0.3 is 5.97 Å². The summed E-state index contributed by atoms with van der Waals surface area (Å²) in [6.07, 6.45) is 0.777. The van der Waals surface area contributed by atoms with Gasteiger partial charge in [-0.05, 0) is 62.2 Å². The Kier molecular flexibility index (Phi) is 7.42. The van der Waals surface area contributed by atoms with Gasteiger partial charge in [-0.1, -0.05) is 23.2 Å². The highest BCUT2D eigenvalue weighted by atomic mass is 35.5. The third-order valence-electron chi connectivity index (χ3n) is 3.92. The molecule has 138 valence electrons. The molecule has 2 aromatic rings. The molecule has 26 heavy (non-hydrogen) atoms. The highest BCUT2D eigenvalue weighted by molar-refractivity contribution is 6.35. The Hall–Kier alpha value is -2.11. The van der Waals surface area contributed by atoms with Crippen LogP contribution >= 0.6 is 23.2 Å². The Balaban J connectivity index is 2.14. The zero-order valence-electron chi connectivity index (χ0n) is 14.7. The summed E-state index contributed by atoms with van der Waals surface area (Å²) in [6.45, 7) is 5.51. The Morgan fingerprint density at radius 3 is 2.50 bits per heavy atom. The lowest BCUT2D eigenvalue weighted by atomic mass is 10.1. The molecule has 0 saturated carbocycles. The average molecular weight is 394 g/mol. The van der Waals surface area contributed by atoms with Crippen molar-refractivity contribution in [3.05, 3.63) is 52.0 Å². The van der Waals surface area contributed by atoms with Gasteiger partial charge in [0.15, 0.2) is 0 Å². The fourth-order valence-electron chi connectivity index (χ4n) is 2.51. The molecule has 5 nitrogen and oxygen atoms in total. The van der Waals surface area contributed by atoms with Gasteiger partial charge < -0.3 is 10.0 Å². The molecule has 2 rings (SSSR count). The molecule has 0 fully saturated rings. The Morgan fingerprint density at radius 2 is 1.85 bits per heavy atom. The molecule has 0 amide bonds. The largest absolute Gasteiger partial charge is 0.481 e. The van der Waals surface area contributed by atoms with Crippen LogP contribution in [0.3, 0.4) is 0 Å². The number of benzene rings is 2. The molecule has 0 atom stereocenters. The molecule has 0 aliphatic heterocycles. The molecule has 7 heteroatoms. The topological polar surface area (TPSA) is 65.3 Å². The van der Waals surface area contributed by atoms with Crippen molar-refractivity contribution in [2.75, 3.05) is 18.0 Å². The number of azo groups is 1. The van der Waals surface area contributed by atoms with Crippen LogP contribution in [0.2, 0.25) is 10.0 Å². The lowest BCUT2D eigenvalue weighted by Crippen LogP contribution is -2.24. The molecule has 0 saturated heterocycles. The molecule has 0 aliphatic rings. The number of halogens is 2. The fraction of sp³-hybridized carbons (Fsp3) is 0.316. The van der Waals surface area contributed by atoms with E-state index >= 15 is 0 Å². The van der Waals surface area contributed by atoms with Crippen LogP contribution in [0.15, 0.2) is 46.6 Å². The minimum Gasteiger partial charge on any atom is -0.481 e. The van der Waals surface area contributed by atoms with E-state index in [1.807, 2.05) is 32.0 Å². The van der Waals surface area contributed by atoms with E-state index < -0.39 is 5.97 Å². The van der Waals surface area contributed by atoms with E-state index in [2.05, 4.69) is 15.1 Å². The molecular weight excluding hydrogens is 373 g/mol. The molecule has 2 aromatic carbocycles. The Morgan fingerprint density at radius 1 is 1.12 bits per heavy atom. The lowest BCUT2D eigenvalue weighted by Gasteiger charge is -2.23. The van der Waals surface area contributed by atoms with Crippen LogP contribution in [-0.2, 0) is 4.79 Å². The quantitative estimate of drug-likeness (QED) is 0.526. The van der Waals surface area contributed by atoms with Gasteiger partial charge in [0.2, 0.25) is 0 Å². The van der Waals surface area contributed by atoms with Crippen LogP contribution in [0, 0.1) is 6.92 Å². The third kappa shape index (κ3) is 5.71. The van der Waals surface area contributed by atoms with Crippen LogP contribution in [-0.4, -0.2) is 24.2 Å². The second kappa shape index (κ2) is 9.55. The van der Waals surface area contributed by atoms with Gasteiger partial charge in [0.1, 0.15) is 5.69 Å². The van der Waals surface area contributed by atoms with E-state index in [0.717, 1.165) is 23.5 Å². The summed E-state index contributed by atoms with van der Waals surface area (Å²) in [5.74, 6) is -0.771.